The lowest BCUT2D eigenvalue weighted by atomic mass is 10.2. The van der Waals surface area contributed by atoms with Gasteiger partial charge in [0.25, 0.3) is 0 Å². The van der Waals surface area contributed by atoms with E-state index in [0.29, 0.717) is 5.25 Å². The number of hydrogen-bond acceptors (Lipinski definition) is 3. The highest BCUT2D eigenvalue weighted by molar-refractivity contribution is 7.99. The van der Waals surface area contributed by atoms with Crippen molar-refractivity contribution in [2.45, 2.75) is 43.1 Å². The molecule has 1 saturated heterocycles. The summed E-state index contributed by atoms with van der Waals surface area (Å²) >= 11 is 1.90. The van der Waals surface area contributed by atoms with Crippen LogP contribution in [-0.4, -0.2) is 34.4 Å². The van der Waals surface area contributed by atoms with E-state index in [1.807, 2.05) is 11.8 Å². The predicted molar refractivity (Wildman–Crippen MR) is 73.3 cm³/mol. The van der Waals surface area contributed by atoms with Crippen LogP contribution < -0.4 is 0 Å². The minimum absolute atomic E-state index is 0.120. The van der Waals surface area contributed by atoms with Crippen LogP contribution in [0, 0.1) is 0 Å². The molecular weight excluding hydrogens is 230 g/mol. The van der Waals surface area contributed by atoms with Crippen molar-refractivity contribution in [3.05, 3.63) is 29.8 Å². The normalized spacial score (nSPS) is 21.3. The second-order valence-corrected chi connectivity index (χ2v) is 6.64. The summed E-state index contributed by atoms with van der Waals surface area (Å²) in [6.45, 7) is 7.23. The molecule has 2 nitrogen and oxygen atoms in total. The van der Waals surface area contributed by atoms with E-state index >= 15 is 0 Å². The zero-order valence-electron chi connectivity index (χ0n) is 10.6. The fourth-order valence-electron chi connectivity index (χ4n) is 2.16. The third-order valence-electron chi connectivity index (χ3n) is 2.95. The van der Waals surface area contributed by atoms with E-state index < -0.39 is 0 Å². The summed E-state index contributed by atoms with van der Waals surface area (Å²) < 4.78 is 0. The Bertz CT molecular complexity index is 350. The topological polar surface area (TPSA) is 23.5 Å². The molecule has 1 aromatic carbocycles. The summed E-state index contributed by atoms with van der Waals surface area (Å²) in [5.41, 5.74) is 1.34. The van der Waals surface area contributed by atoms with Crippen molar-refractivity contribution in [3.63, 3.8) is 0 Å². The van der Waals surface area contributed by atoms with Crippen molar-refractivity contribution >= 4 is 11.8 Å². The summed E-state index contributed by atoms with van der Waals surface area (Å²) in [5.74, 6) is 0. The maximum atomic E-state index is 9.48. The maximum absolute atomic E-state index is 9.48. The van der Waals surface area contributed by atoms with Crippen LogP contribution in [-0.2, 0) is 6.54 Å². The number of rotatable bonds is 4. The molecule has 17 heavy (non-hydrogen) atoms. The zero-order valence-corrected chi connectivity index (χ0v) is 11.4. The first-order valence-corrected chi connectivity index (χ1v) is 7.17. The predicted octanol–water partition coefficient (Wildman–Crippen LogP) is 2.75. The fourth-order valence-corrected chi connectivity index (χ4v) is 3.00. The minimum atomic E-state index is -0.120. The van der Waals surface area contributed by atoms with Gasteiger partial charge in [0.1, 0.15) is 0 Å². The molecule has 0 aromatic heterocycles. The first kappa shape index (κ1) is 12.9. The average molecular weight is 251 g/mol. The Balaban J connectivity index is 1.89. The quantitative estimate of drug-likeness (QED) is 0.832. The Morgan fingerprint density at radius 2 is 2.06 bits per heavy atom. The molecule has 94 valence electrons. The van der Waals surface area contributed by atoms with Crippen LogP contribution >= 0.6 is 11.8 Å². The van der Waals surface area contributed by atoms with Crippen molar-refractivity contribution in [3.8, 4) is 0 Å². The van der Waals surface area contributed by atoms with Crippen LogP contribution in [0.5, 0.6) is 0 Å². The number of benzene rings is 1. The van der Waals surface area contributed by atoms with Crippen LogP contribution in [0.4, 0.5) is 0 Å². The lowest BCUT2D eigenvalue weighted by molar-refractivity contribution is 0.175. The number of aliphatic hydroxyl groups is 1. The molecule has 0 bridgehead atoms. The molecule has 1 atom stereocenters. The van der Waals surface area contributed by atoms with Gasteiger partial charge >= 0.3 is 0 Å². The number of likely N-dealkylation sites (tertiary alicyclic amines) is 1. The van der Waals surface area contributed by atoms with Crippen LogP contribution in [0.2, 0.25) is 0 Å². The van der Waals surface area contributed by atoms with E-state index in [-0.39, 0.29) is 6.10 Å². The highest BCUT2D eigenvalue weighted by atomic mass is 32.2. The van der Waals surface area contributed by atoms with Crippen LogP contribution in [0.15, 0.2) is 29.2 Å². The number of thioether (sulfide) groups is 1. The van der Waals surface area contributed by atoms with Crippen molar-refractivity contribution < 1.29 is 5.11 Å². The van der Waals surface area contributed by atoms with Crippen molar-refractivity contribution in [2.24, 2.45) is 0 Å². The summed E-state index contributed by atoms with van der Waals surface area (Å²) in [6.07, 6.45) is 0.798. The highest BCUT2D eigenvalue weighted by Crippen LogP contribution is 2.23. The van der Waals surface area contributed by atoms with Crippen LogP contribution in [0.25, 0.3) is 0 Å². The number of hydrogen-bond donors (Lipinski definition) is 1. The van der Waals surface area contributed by atoms with Gasteiger partial charge in [0.05, 0.1) is 6.10 Å². The van der Waals surface area contributed by atoms with Crippen molar-refractivity contribution in [2.75, 3.05) is 13.1 Å². The Hall–Kier alpha value is -0.510. The Kier molecular flexibility index (Phi) is 4.48. The largest absolute Gasteiger partial charge is 0.392 e. The van der Waals surface area contributed by atoms with E-state index in [1.165, 1.54) is 10.5 Å². The van der Waals surface area contributed by atoms with Gasteiger partial charge < -0.3 is 5.11 Å². The SMILES string of the molecule is CC(C)Sc1ccc(CN2CC[C@H](O)C2)cc1. The Morgan fingerprint density at radius 1 is 1.35 bits per heavy atom. The summed E-state index contributed by atoms with van der Waals surface area (Å²) in [7, 11) is 0. The van der Waals surface area contributed by atoms with E-state index in [1.54, 1.807) is 0 Å². The third kappa shape index (κ3) is 4.02. The fraction of sp³-hybridized carbons (Fsp3) is 0.571. The first-order chi connectivity index (χ1) is 8.13. The van der Waals surface area contributed by atoms with E-state index in [9.17, 15) is 5.11 Å². The average Bonchev–Trinajstić information content (AvgIpc) is 2.66. The Labute approximate surface area is 108 Å². The maximum Gasteiger partial charge on any atom is 0.0679 e. The molecule has 0 saturated carbocycles. The number of aliphatic hydroxyl groups excluding tert-OH is 1. The van der Waals surface area contributed by atoms with E-state index in [4.69, 9.17) is 0 Å². The first-order valence-electron chi connectivity index (χ1n) is 6.29. The molecule has 1 aliphatic rings. The van der Waals surface area contributed by atoms with Gasteiger partial charge in [-0.1, -0.05) is 26.0 Å². The molecule has 1 aliphatic heterocycles. The van der Waals surface area contributed by atoms with E-state index in [0.717, 1.165) is 26.1 Å². The number of nitrogens with zero attached hydrogens (tertiary/aromatic N) is 1. The van der Waals surface area contributed by atoms with E-state index in [2.05, 4.69) is 43.0 Å². The lowest BCUT2D eigenvalue weighted by Gasteiger charge is -2.15. The van der Waals surface area contributed by atoms with Gasteiger partial charge in [0, 0.05) is 29.8 Å². The molecular formula is C14H21NOS. The van der Waals surface area contributed by atoms with Gasteiger partial charge in [0.2, 0.25) is 0 Å². The molecule has 1 heterocycles. The molecule has 0 amide bonds. The second kappa shape index (κ2) is 5.89. The monoisotopic (exact) mass is 251 g/mol. The standard InChI is InChI=1S/C14H21NOS/c1-11(2)17-14-5-3-12(4-6-14)9-15-8-7-13(16)10-15/h3-6,11,13,16H,7-10H2,1-2H3/t13-/m0/s1. The molecule has 1 N–H and O–H groups in total. The minimum Gasteiger partial charge on any atom is -0.392 e. The van der Waals surface area contributed by atoms with Crippen LogP contribution in [0.1, 0.15) is 25.8 Å². The number of β-amino-alcohol motifs (C(OH)–C–C–N with tert-alkyl or cyclic N) is 1. The smallest absolute Gasteiger partial charge is 0.0679 e. The molecule has 2 rings (SSSR count). The van der Waals surface area contributed by atoms with Gasteiger partial charge in [-0.3, -0.25) is 4.90 Å². The Morgan fingerprint density at radius 3 is 2.59 bits per heavy atom. The molecule has 1 aromatic rings. The molecule has 0 radical (unpaired) electrons. The molecule has 1 fully saturated rings. The van der Waals surface area contributed by atoms with Gasteiger partial charge in [0.15, 0.2) is 0 Å². The molecule has 0 spiro atoms. The van der Waals surface area contributed by atoms with Gasteiger partial charge in [-0.25, -0.2) is 0 Å². The highest BCUT2D eigenvalue weighted by Gasteiger charge is 2.19. The summed E-state index contributed by atoms with van der Waals surface area (Å²) in [6, 6.07) is 8.81. The lowest BCUT2D eigenvalue weighted by Crippen LogP contribution is -2.21. The van der Waals surface area contributed by atoms with Gasteiger partial charge in [-0.15, -0.1) is 11.8 Å². The van der Waals surface area contributed by atoms with Crippen molar-refractivity contribution in [1.82, 2.24) is 4.90 Å². The molecule has 0 unspecified atom stereocenters. The summed E-state index contributed by atoms with van der Waals surface area (Å²) in [5, 5.41) is 10.1. The summed E-state index contributed by atoms with van der Waals surface area (Å²) in [4.78, 5) is 3.65. The zero-order chi connectivity index (χ0) is 12.3. The van der Waals surface area contributed by atoms with Gasteiger partial charge in [-0.2, -0.15) is 0 Å². The second-order valence-electron chi connectivity index (χ2n) is 4.99. The van der Waals surface area contributed by atoms with Crippen LogP contribution in [0.3, 0.4) is 0 Å². The molecule has 0 aliphatic carbocycles. The molecule has 3 heteroatoms. The van der Waals surface area contributed by atoms with Crippen molar-refractivity contribution in [1.29, 1.82) is 0 Å². The third-order valence-corrected chi connectivity index (χ3v) is 3.96. The van der Waals surface area contributed by atoms with Gasteiger partial charge in [-0.05, 0) is 24.1 Å².